The third-order valence-electron chi connectivity index (χ3n) is 5.09. The van der Waals surface area contributed by atoms with Crippen LogP contribution in [-0.2, 0) is 6.42 Å². The molecule has 3 heterocycles. The molecule has 1 unspecified atom stereocenters. The van der Waals surface area contributed by atoms with Gasteiger partial charge in [-0.25, -0.2) is 0 Å². The normalized spacial score (nSPS) is 17.3. The highest BCUT2D eigenvalue weighted by Gasteiger charge is 2.34. The fourth-order valence-corrected chi connectivity index (χ4v) is 3.31. The second kappa shape index (κ2) is 6.02. The number of para-hydroxylation sites is 1. The predicted molar refractivity (Wildman–Crippen MR) is 92.4 cm³/mol. The first-order chi connectivity index (χ1) is 11.7. The van der Waals surface area contributed by atoms with Crippen molar-refractivity contribution < 1.29 is 4.52 Å². The molecule has 126 valence electrons. The van der Waals surface area contributed by atoms with Crippen LogP contribution in [0.4, 0.5) is 0 Å². The molecule has 24 heavy (non-hydrogen) atoms. The van der Waals surface area contributed by atoms with E-state index in [-0.39, 0.29) is 0 Å². The van der Waals surface area contributed by atoms with Crippen LogP contribution >= 0.6 is 0 Å². The van der Waals surface area contributed by atoms with E-state index in [1.54, 1.807) is 4.68 Å². The van der Waals surface area contributed by atoms with Crippen molar-refractivity contribution in [2.45, 2.75) is 45.6 Å². The molecule has 6 heteroatoms. The highest BCUT2D eigenvalue weighted by molar-refractivity contribution is 5.83. The summed E-state index contributed by atoms with van der Waals surface area (Å²) in [6.07, 6.45) is 2.05. The zero-order valence-electron chi connectivity index (χ0n) is 14.4. The molecule has 1 aromatic carbocycles. The van der Waals surface area contributed by atoms with Crippen LogP contribution in [0.5, 0.6) is 0 Å². The van der Waals surface area contributed by atoms with Crippen LogP contribution in [0, 0.1) is 0 Å². The van der Waals surface area contributed by atoms with Gasteiger partial charge in [-0.05, 0) is 31.0 Å². The maximum atomic E-state index is 5.53. The minimum atomic E-state index is 0.340. The number of aryl methyl sites for hydroxylation is 1. The molecule has 6 nitrogen and oxygen atoms in total. The van der Waals surface area contributed by atoms with Gasteiger partial charge in [-0.3, -0.25) is 4.90 Å². The SMILES string of the molecule is CCc1nn(-c2noc(C3CN(C(C)CC)C3)n2)c2ccccc12. The predicted octanol–water partition coefficient (Wildman–Crippen LogP) is 3.17. The summed E-state index contributed by atoms with van der Waals surface area (Å²) in [7, 11) is 0. The Balaban J connectivity index is 1.60. The third-order valence-corrected chi connectivity index (χ3v) is 5.09. The Morgan fingerprint density at radius 1 is 1.25 bits per heavy atom. The summed E-state index contributed by atoms with van der Waals surface area (Å²) < 4.78 is 7.33. The second-order valence-electron chi connectivity index (χ2n) is 6.57. The summed E-state index contributed by atoms with van der Waals surface area (Å²) >= 11 is 0. The number of aromatic nitrogens is 4. The van der Waals surface area contributed by atoms with E-state index in [0.717, 1.165) is 42.0 Å². The topological polar surface area (TPSA) is 60.0 Å². The van der Waals surface area contributed by atoms with Crippen molar-refractivity contribution in [2.75, 3.05) is 13.1 Å². The number of benzene rings is 1. The minimum Gasteiger partial charge on any atom is -0.337 e. The molecule has 0 amide bonds. The lowest BCUT2D eigenvalue weighted by Crippen LogP contribution is -2.49. The lowest BCUT2D eigenvalue weighted by molar-refractivity contribution is 0.0818. The Kier molecular flexibility index (Phi) is 3.84. The van der Waals surface area contributed by atoms with E-state index in [2.05, 4.69) is 47.0 Å². The van der Waals surface area contributed by atoms with Crippen molar-refractivity contribution in [1.29, 1.82) is 0 Å². The van der Waals surface area contributed by atoms with Crippen molar-refractivity contribution in [3.8, 4) is 5.95 Å². The highest BCUT2D eigenvalue weighted by atomic mass is 16.5. The fourth-order valence-electron chi connectivity index (χ4n) is 3.31. The summed E-state index contributed by atoms with van der Waals surface area (Å²) in [6, 6.07) is 8.80. The smallest absolute Gasteiger partial charge is 0.291 e. The van der Waals surface area contributed by atoms with Crippen LogP contribution in [0.2, 0.25) is 0 Å². The van der Waals surface area contributed by atoms with Crippen LogP contribution in [0.1, 0.15) is 44.7 Å². The van der Waals surface area contributed by atoms with Crippen LogP contribution in [0.3, 0.4) is 0 Å². The largest absolute Gasteiger partial charge is 0.337 e. The summed E-state index contributed by atoms with van der Waals surface area (Å²) in [6.45, 7) is 8.58. The van der Waals surface area contributed by atoms with Gasteiger partial charge in [0.15, 0.2) is 0 Å². The zero-order valence-corrected chi connectivity index (χ0v) is 14.4. The molecular weight excluding hydrogens is 302 g/mol. The maximum absolute atomic E-state index is 5.53. The van der Waals surface area contributed by atoms with E-state index in [0.29, 0.717) is 17.9 Å². The van der Waals surface area contributed by atoms with Gasteiger partial charge < -0.3 is 4.52 Å². The average Bonchev–Trinajstić information content (AvgIpc) is 3.17. The molecule has 0 aliphatic carbocycles. The van der Waals surface area contributed by atoms with Crippen molar-refractivity contribution in [2.24, 2.45) is 0 Å². The van der Waals surface area contributed by atoms with Gasteiger partial charge >= 0.3 is 0 Å². The molecule has 0 bridgehead atoms. The third kappa shape index (κ3) is 2.41. The van der Waals surface area contributed by atoms with Crippen LogP contribution in [0.25, 0.3) is 16.9 Å². The first-order valence-corrected chi connectivity index (χ1v) is 8.75. The van der Waals surface area contributed by atoms with Crippen LogP contribution in [0.15, 0.2) is 28.8 Å². The number of rotatable bonds is 5. The van der Waals surface area contributed by atoms with Gasteiger partial charge in [-0.15, -0.1) is 0 Å². The molecule has 3 aromatic rings. The number of hydrogen-bond donors (Lipinski definition) is 0. The fraction of sp³-hybridized carbons (Fsp3) is 0.500. The van der Waals surface area contributed by atoms with E-state index >= 15 is 0 Å². The molecule has 1 aliphatic rings. The maximum Gasteiger partial charge on any atom is 0.291 e. The Hall–Kier alpha value is -2.21. The van der Waals surface area contributed by atoms with E-state index in [1.165, 1.54) is 6.42 Å². The molecule has 0 saturated carbocycles. The molecule has 4 rings (SSSR count). The van der Waals surface area contributed by atoms with Crippen molar-refractivity contribution in [3.05, 3.63) is 35.9 Å². The van der Waals surface area contributed by atoms with Crippen molar-refractivity contribution in [1.82, 2.24) is 24.8 Å². The summed E-state index contributed by atoms with van der Waals surface area (Å²) in [4.78, 5) is 7.07. The van der Waals surface area contributed by atoms with E-state index < -0.39 is 0 Å². The summed E-state index contributed by atoms with van der Waals surface area (Å²) in [5.74, 6) is 1.60. The Bertz CT molecular complexity index is 846. The Labute approximate surface area is 141 Å². The molecule has 1 fully saturated rings. The Morgan fingerprint density at radius 3 is 2.79 bits per heavy atom. The van der Waals surface area contributed by atoms with E-state index in [9.17, 15) is 0 Å². The van der Waals surface area contributed by atoms with Crippen molar-refractivity contribution in [3.63, 3.8) is 0 Å². The van der Waals surface area contributed by atoms with Gasteiger partial charge in [0.05, 0.1) is 17.1 Å². The lowest BCUT2D eigenvalue weighted by Gasteiger charge is -2.41. The van der Waals surface area contributed by atoms with Gasteiger partial charge in [0.25, 0.3) is 5.95 Å². The van der Waals surface area contributed by atoms with Gasteiger partial charge in [-0.1, -0.05) is 32.0 Å². The van der Waals surface area contributed by atoms with Gasteiger partial charge in [-0.2, -0.15) is 14.8 Å². The molecule has 1 saturated heterocycles. The number of hydrogen-bond acceptors (Lipinski definition) is 5. The summed E-state index contributed by atoms with van der Waals surface area (Å²) in [5, 5.41) is 10.00. The second-order valence-corrected chi connectivity index (χ2v) is 6.57. The first kappa shape index (κ1) is 15.3. The van der Waals surface area contributed by atoms with Gasteiger partial charge in [0.1, 0.15) is 0 Å². The number of nitrogens with zero attached hydrogens (tertiary/aromatic N) is 5. The molecule has 2 aromatic heterocycles. The highest BCUT2D eigenvalue weighted by Crippen LogP contribution is 2.29. The molecule has 1 atom stereocenters. The quantitative estimate of drug-likeness (QED) is 0.721. The van der Waals surface area contributed by atoms with Crippen molar-refractivity contribution >= 4 is 10.9 Å². The number of likely N-dealkylation sites (tertiary alicyclic amines) is 1. The first-order valence-electron chi connectivity index (χ1n) is 8.75. The van der Waals surface area contributed by atoms with E-state index in [1.807, 2.05) is 18.2 Å². The van der Waals surface area contributed by atoms with E-state index in [4.69, 9.17) is 4.52 Å². The molecule has 0 radical (unpaired) electrons. The van der Waals surface area contributed by atoms with Crippen LogP contribution in [-0.4, -0.2) is 44.0 Å². The van der Waals surface area contributed by atoms with Gasteiger partial charge in [0, 0.05) is 24.5 Å². The standard InChI is InChI=1S/C18H23N5O/c1-4-12(3)22-10-13(11-22)17-19-18(21-24-17)23-16-9-7-6-8-14(16)15(5-2)20-23/h6-9,12-13H,4-5,10-11H2,1-3H3. The summed E-state index contributed by atoms with van der Waals surface area (Å²) in [5.41, 5.74) is 2.08. The number of fused-ring (bicyclic) bond motifs is 1. The molecule has 1 aliphatic heterocycles. The monoisotopic (exact) mass is 325 g/mol. The van der Waals surface area contributed by atoms with Crippen LogP contribution < -0.4 is 0 Å². The molecule has 0 spiro atoms. The van der Waals surface area contributed by atoms with Gasteiger partial charge in [0.2, 0.25) is 5.89 Å². The molecular formula is C18H23N5O. The average molecular weight is 325 g/mol. The minimum absolute atomic E-state index is 0.340. The zero-order chi connectivity index (χ0) is 16.7. The molecule has 0 N–H and O–H groups in total. The Morgan fingerprint density at radius 2 is 2.04 bits per heavy atom. The lowest BCUT2D eigenvalue weighted by atomic mass is 9.97.